The Labute approximate surface area is 167 Å². The Hall–Kier alpha value is -2.12. The molecule has 140 valence electrons. The molecule has 0 fully saturated rings. The van der Waals surface area contributed by atoms with E-state index in [9.17, 15) is 4.79 Å². The van der Waals surface area contributed by atoms with Crippen LogP contribution in [0.25, 0.3) is 5.69 Å². The van der Waals surface area contributed by atoms with Crippen molar-refractivity contribution in [3.05, 3.63) is 57.5 Å². The van der Waals surface area contributed by atoms with Crippen LogP contribution < -0.4 is 0 Å². The predicted molar refractivity (Wildman–Crippen MR) is 110 cm³/mol. The third-order valence-electron chi connectivity index (χ3n) is 4.88. The molecule has 0 radical (unpaired) electrons. The van der Waals surface area contributed by atoms with Gasteiger partial charge in [0.15, 0.2) is 5.16 Å². The number of thiophene rings is 1. The fraction of sp³-hybridized carbons (Fsp3) is 0.350. The van der Waals surface area contributed by atoms with Gasteiger partial charge in [0, 0.05) is 18.0 Å². The number of rotatable bonds is 4. The number of aryl methyl sites for hydroxylation is 2. The molecule has 1 unspecified atom stereocenters. The number of benzene rings is 1. The van der Waals surface area contributed by atoms with Crippen molar-refractivity contribution >= 4 is 29.0 Å². The van der Waals surface area contributed by atoms with E-state index in [0.717, 1.165) is 29.4 Å². The van der Waals surface area contributed by atoms with Crippen LogP contribution in [0.5, 0.6) is 0 Å². The molecule has 2 aromatic heterocycles. The molecule has 0 spiro atoms. The van der Waals surface area contributed by atoms with Crippen molar-refractivity contribution in [2.75, 3.05) is 6.54 Å². The average Bonchev–Trinajstić information content (AvgIpc) is 3.29. The summed E-state index contributed by atoms with van der Waals surface area (Å²) in [5, 5.41) is 11.0. The molecule has 0 saturated carbocycles. The maximum atomic E-state index is 13.0. The van der Waals surface area contributed by atoms with Gasteiger partial charge in [0.25, 0.3) is 0 Å². The second kappa shape index (κ2) is 7.48. The lowest BCUT2D eigenvalue weighted by Gasteiger charge is -2.29. The summed E-state index contributed by atoms with van der Waals surface area (Å²) in [4.78, 5) is 16.3. The number of fused-ring (bicyclic) bond motifs is 1. The minimum absolute atomic E-state index is 0.159. The summed E-state index contributed by atoms with van der Waals surface area (Å²) in [7, 11) is 0. The molecule has 1 atom stereocenters. The van der Waals surface area contributed by atoms with Gasteiger partial charge in [0.2, 0.25) is 5.91 Å². The normalized spacial score (nSPS) is 14.9. The summed E-state index contributed by atoms with van der Waals surface area (Å²) < 4.78 is 1.97. The number of carbonyl (C=O) groups is 1. The molecule has 0 saturated heterocycles. The molecule has 3 heterocycles. The van der Waals surface area contributed by atoms with Crippen molar-refractivity contribution in [2.45, 2.75) is 44.1 Å². The zero-order valence-electron chi connectivity index (χ0n) is 15.7. The summed E-state index contributed by atoms with van der Waals surface area (Å²) in [6.07, 6.45) is 2.67. The van der Waals surface area contributed by atoms with Crippen molar-refractivity contribution in [2.24, 2.45) is 0 Å². The highest BCUT2D eigenvalue weighted by Gasteiger charge is 2.27. The first-order valence-corrected chi connectivity index (χ1v) is 10.8. The monoisotopic (exact) mass is 398 g/mol. The SMILES string of the molecule is Cc1ccc(-n2cnnc2SC(C)C(=O)N2CCc3sccc3C2)c(C)c1. The number of thioether (sulfide) groups is 1. The Bertz CT molecular complexity index is 978. The first-order valence-electron chi connectivity index (χ1n) is 9.01. The van der Waals surface area contributed by atoms with Gasteiger partial charge >= 0.3 is 0 Å². The second-order valence-corrected chi connectivity index (χ2v) is 9.22. The molecule has 1 amide bonds. The smallest absolute Gasteiger partial charge is 0.236 e. The van der Waals surface area contributed by atoms with Gasteiger partial charge in [-0.3, -0.25) is 9.36 Å². The molecule has 27 heavy (non-hydrogen) atoms. The van der Waals surface area contributed by atoms with Gasteiger partial charge in [-0.2, -0.15) is 0 Å². The fourth-order valence-electron chi connectivity index (χ4n) is 3.45. The summed E-state index contributed by atoms with van der Waals surface area (Å²) in [5.74, 6) is 0.159. The molecule has 4 rings (SSSR count). The van der Waals surface area contributed by atoms with Crippen molar-refractivity contribution in [1.29, 1.82) is 0 Å². The highest BCUT2D eigenvalue weighted by atomic mass is 32.2. The van der Waals surface area contributed by atoms with E-state index in [1.165, 1.54) is 27.8 Å². The molecule has 1 aliphatic heterocycles. The van der Waals surface area contributed by atoms with Crippen LogP contribution in [-0.2, 0) is 17.8 Å². The van der Waals surface area contributed by atoms with E-state index in [2.05, 4.69) is 53.7 Å². The fourth-order valence-corrected chi connectivity index (χ4v) is 5.26. The number of carbonyl (C=O) groups excluding carboxylic acids is 1. The van der Waals surface area contributed by atoms with Gasteiger partial charge in [0.1, 0.15) is 6.33 Å². The zero-order valence-corrected chi connectivity index (χ0v) is 17.3. The third kappa shape index (κ3) is 3.66. The molecule has 7 heteroatoms. The van der Waals surface area contributed by atoms with Gasteiger partial charge < -0.3 is 4.90 Å². The molecule has 1 aliphatic rings. The first kappa shape index (κ1) is 18.3. The van der Waals surface area contributed by atoms with Crippen molar-refractivity contribution in [3.8, 4) is 5.69 Å². The zero-order chi connectivity index (χ0) is 19.0. The van der Waals surface area contributed by atoms with Crippen LogP contribution >= 0.6 is 23.1 Å². The first-order chi connectivity index (χ1) is 13.0. The maximum absolute atomic E-state index is 13.0. The number of hydrogen-bond acceptors (Lipinski definition) is 5. The second-order valence-electron chi connectivity index (χ2n) is 6.91. The van der Waals surface area contributed by atoms with Crippen LogP contribution in [-0.4, -0.2) is 37.4 Å². The molecular weight excluding hydrogens is 376 g/mol. The van der Waals surface area contributed by atoms with Crippen LogP contribution in [0.3, 0.4) is 0 Å². The Morgan fingerprint density at radius 1 is 1.30 bits per heavy atom. The van der Waals surface area contributed by atoms with E-state index >= 15 is 0 Å². The van der Waals surface area contributed by atoms with Crippen molar-refractivity contribution < 1.29 is 4.79 Å². The Kier molecular flexibility index (Phi) is 5.06. The summed E-state index contributed by atoms with van der Waals surface area (Å²) in [5.41, 5.74) is 4.72. The maximum Gasteiger partial charge on any atom is 0.236 e. The van der Waals surface area contributed by atoms with Crippen LogP contribution in [0.2, 0.25) is 0 Å². The number of amides is 1. The average molecular weight is 399 g/mol. The Balaban J connectivity index is 1.50. The Morgan fingerprint density at radius 3 is 2.96 bits per heavy atom. The Morgan fingerprint density at radius 2 is 2.15 bits per heavy atom. The van der Waals surface area contributed by atoms with Crippen molar-refractivity contribution in [1.82, 2.24) is 19.7 Å². The molecule has 0 aliphatic carbocycles. The summed E-state index contributed by atoms with van der Waals surface area (Å²) in [6, 6.07) is 8.43. The minimum atomic E-state index is -0.209. The van der Waals surface area contributed by atoms with Crippen LogP contribution in [0.1, 0.15) is 28.5 Å². The van der Waals surface area contributed by atoms with E-state index in [4.69, 9.17) is 0 Å². The molecule has 0 bridgehead atoms. The lowest BCUT2D eigenvalue weighted by Crippen LogP contribution is -2.39. The largest absolute Gasteiger partial charge is 0.337 e. The van der Waals surface area contributed by atoms with E-state index in [1.54, 1.807) is 17.7 Å². The standard InChI is InChI=1S/C20H22N4OS2/c1-13-4-5-17(14(2)10-13)24-12-21-22-20(24)27-15(3)19(25)23-8-6-18-16(11-23)7-9-26-18/h4-5,7,9-10,12,15H,6,8,11H2,1-3H3. The van der Waals surface area contributed by atoms with E-state index < -0.39 is 0 Å². The molecular formula is C20H22N4OS2. The summed E-state index contributed by atoms with van der Waals surface area (Å²) in [6.45, 7) is 7.62. The highest BCUT2D eigenvalue weighted by molar-refractivity contribution is 8.00. The van der Waals surface area contributed by atoms with Crippen LogP contribution in [0, 0.1) is 13.8 Å². The number of nitrogens with zero attached hydrogens (tertiary/aromatic N) is 4. The molecule has 0 N–H and O–H groups in total. The number of aromatic nitrogens is 3. The lowest BCUT2D eigenvalue weighted by atomic mass is 10.1. The van der Waals surface area contributed by atoms with Gasteiger partial charge in [-0.05, 0) is 55.8 Å². The molecule has 1 aromatic carbocycles. The van der Waals surface area contributed by atoms with Gasteiger partial charge in [-0.15, -0.1) is 21.5 Å². The van der Waals surface area contributed by atoms with E-state index in [-0.39, 0.29) is 11.2 Å². The van der Waals surface area contributed by atoms with E-state index in [1.807, 2.05) is 16.4 Å². The van der Waals surface area contributed by atoms with Crippen molar-refractivity contribution in [3.63, 3.8) is 0 Å². The predicted octanol–water partition coefficient (Wildman–Crippen LogP) is 4.01. The van der Waals surface area contributed by atoms with Gasteiger partial charge in [0.05, 0.1) is 10.9 Å². The highest BCUT2D eigenvalue weighted by Crippen LogP contribution is 2.29. The van der Waals surface area contributed by atoms with Crippen LogP contribution in [0.15, 0.2) is 41.1 Å². The summed E-state index contributed by atoms with van der Waals surface area (Å²) >= 11 is 3.26. The minimum Gasteiger partial charge on any atom is -0.337 e. The quantitative estimate of drug-likeness (QED) is 0.623. The molecule has 3 aromatic rings. The lowest BCUT2D eigenvalue weighted by molar-refractivity contribution is -0.131. The van der Waals surface area contributed by atoms with Crippen LogP contribution in [0.4, 0.5) is 0 Å². The molecule has 5 nitrogen and oxygen atoms in total. The number of hydrogen-bond donors (Lipinski definition) is 0. The topological polar surface area (TPSA) is 51.0 Å². The van der Waals surface area contributed by atoms with E-state index in [0.29, 0.717) is 6.54 Å². The third-order valence-corrected chi connectivity index (χ3v) is 6.94. The van der Waals surface area contributed by atoms with Gasteiger partial charge in [-0.25, -0.2) is 0 Å². The van der Waals surface area contributed by atoms with Gasteiger partial charge in [-0.1, -0.05) is 29.5 Å².